The summed E-state index contributed by atoms with van der Waals surface area (Å²) in [7, 11) is 0. The lowest BCUT2D eigenvalue weighted by Crippen LogP contribution is -2.56. The van der Waals surface area contributed by atoms with Gasteiger partial charge in [-0.05, 0) is 40.5 Å². The largest absolute Gasteiger partial charge is 0.444 e. The Labute approximate surface area is 169 Å². The van der Waals surface area contributed by atoms with Gasteiger partial charge in [0.15, 0.2) is 0 Å². The zero-order valence-electron chi connectivity index (χ0n) is 17.2. The van der Waals surface area contributed by atoms with Crippen LogP contribution in [0.4, 0.5) is 4.79 Å². The molecule has 2 N–H and O–H groups in total. The molecule has 3 atom stereocenters. The van der Waals surface area contributed by atoms with Crippen molar-refractivity contribution in [3.05, 3.63) is 12.3 Å². The highest BCUT2D eigenvalue weighted by Gasteiger charge is 2.37. The minimum absolute atomic E-state index is 0.137. The number of carbonyl (C=O) groups is 3. The summed E-state index contributed by atoms with van der Waals surface area (Å²) in [6.07, 6.45) is 1.40. The Morgan fingerprint density at radius 3 is 2.79 bits per heavy atom. The number of amides is 3. The smallest absolute Gasteiger partial charge is 0.408 e. The van der Waals surface area contributed by atoms with Gasteiger partial charge >= 0.3 is 6.09 Å². The van der Waals surface area contributed by atoms with Gasteiger partial charge in [0.25, 0.3) is 0 Å². The van der Waals surface area contributed by atoms with E-state index in [1.54, 1.807) is 25.7 Å². The third-order valence-electron chi connectivity index (χ3n) is 4.42. The van der Waals surface area contributed by atoms with Gasteiger partial charge in [0.1, 0.15) is 11.6 Å². The van der Waals surface area contributed by atoms with Crippen LogP contribution in [0.15, 0.2) is 10.8 Å². The molecule has 3 amide bonds. The number of aliphatic hydroxyl groups excluding tert-OH is 1. The molecule has 1 aromatic heterocycles. The van der Waals surface area contributed by atoms with Gasteiger partial charge in [-0.25, -0.2) is 4.79 Å². The van der Waals surface area contributed by atoms with E-state index in [2.05, 4.69) is 15.5 Å². The maximum atomic E-state index is 13.0. The first kappa shape index (κ1) is 22.6. The molecule has 0 spiro atoms. The van der Waals surface area contributed by atoms with Gasteiger partial charge in [0.05, 0.1) is 12.6 Å². The summed E-state index contributed by atoms with van der Waals surface area (Å²) in [4.78, 5) is 39.6. The van der Waals surface area contributed by atoms with Gasteiger partial charge in [-0.3, -0.25) is 9.59 Å². The van der Waals surface area contributed by atoms with Crippen molar-refractivity contribution in [2.75, 3.05) is 13.1 Å². The van der Waals surface area contributed by atoms with Crippen LogP contribution in [0.3, 0.4) is 0 Å². The lowest BCUT2D eigenvalue weighted by molar-refractivity contribution is -0.138. The molecule has 1 aliphatic rings. The first-order valence-corrected chi connectivity index (χ1v) is 9.53. The lowest BCUT2D eigenvalue weighted by atomic mass is 10.1. The highest BCUT2D eigenvalue weighted by atomic mass is 16.6. The molecule has 3 unspecified atom stereocenters. The molecule has 0 aliphatic carbocycles. The highest BCUT2D eigenvalue weighted by Crippen LogP contribution is 2.21. The number of ether oxygens (including phenoxy) is 1. The Kier molecular flexibility index (Phi) is 7.54. The van der Waals surface area contributed by atoms with E-state index in [1.807, 2.05) is 0 Å². The van der Waals surface area contributed by atoms with Gasteiger partial charge in [-0.15, -0.1) is 10.2 Å². The lowest BCUT2D eigenvalue weighted by Gasteiger charge is -2.32. The van der Waals surface area contributed by atoms with Crippen LogP contribution in [0.25, 0.3) is 0 Å². The van der Waals surface area contributed by atoms with Gasteiger partial charge in [0, 0.05) is 19.1 Å². The molecule has 0 bridgehead atoms. The standard InChI is InChI=1S/C18H29N5O6/c1-12(25)15(20-17(27)29-18(2,3)4)16(26)23-7-5-6-13(23)8-22(11-24)9-14-21-19-10-28-14/h10-13,15,25H,5-9H2,1-4H3,(H,20,27). The second kappa shape index (κ2) is 9.68. The number of carbonyl (C=O) groups excluding carboxylic acids is 3. The first-order valence-electron chi connectivity index (χ1n) is 9.53. The number of hydrogen-bond acceptors (Lipinski definition) is 8. The molecule has 1 saturated heterocycles. The molecule has 1 fully saturated rings. The molecule has 162 valence electrons. The van der Waals surface area contributed by atoms with Crippen molar-refractivity contribution in [3.63, 3.8) is 0 Å². The topological polar surface area (TPSA) is 138 Å². The Balaban J connectivity index is 2.03. The van der Waals surface area contributed by atoms with E-state index in [9.17, 15) is 19.5 Å². The Hall–Kier alpha value is -2.69. The van der Waals surface area contributed by atoms with Crippen LogP contribution in [-0.4, -0.2) is 80.4 Å². The van der Waals surface area contributed by atoms with E-state index in [4.69, 9.17) is 9.15 Å². The predicted octanol–water partition coefficient (Wildman–Crippen LogP) is 0.293. The summed E-state index contributed by atoms with van der Waals surface area (Å²) in [5.74, 6) is -0.126. The summed E-state index contributed by atoms with van der Waals surface area (Å²) in [5, 5.41) is 19.8. The fourth-order valence-electron chi connectivity index (χ4n) is 3.17. The van der Waals surface area contributed by atoms with E-state index in [-0.39, 0.29) is 19.1 Å². The Morgan fingerprint density at radius 1 is 1.52 bits per heavy atom. The summed E-state index contributed by atoms with van der Waals surface area (Å²) >= 11 is 0. The van der Waals surface area contributed by atoms with Gasteiger partial charge in [-0.1, -0.05) is 0 Å². The van der Waals surface area contributed by atoms with Crippen molar-refractivity contribution in [2.24, 2.45) is 0 Å². The van der Waals surface area contributed by atoms with Crippen molar-refractivity contribution < 1.29 is 28.6 Å². The number of alkyl carbamates (subject to hydrolysis) is 1. The SMILES string of the molecule is CC(O)C(NC(=O)OC(C)(C)C)C(=O)N1CCCC1CN(C=O)Cc1nnco1. The zero-order valence-corrected chi connectivity index (χ0v) is 17.2. The molecule has 2 heterocycles. The van der Waals surface area contributed by atoms with Crippen molar-refractivity contribution >= 4 is 18.4 Å². The van der Waals surface area contributed by atoms with Crippen molar-refractivity contribution in [1.29, 1.82) is 0 Å². The molecule has 0 aromatic carbocycles. The first-order chi connectivity index (χ1) is 13.6. The van der Waals surface area contributed by atoms with Gasteiger partial charge < -0.3 is 29.4 Å². The summed E-state index contributed by atoms with van der Waals surface area (Å²) < 4.78 is 10.2. The number of hydrogen-bond donors (Lipinski definition) is 2. The molecule has 29 heavy (non-hydrogen) atoms. The van der Waals surface area contributed by atoms with E-state index >= 15 is 0 Å². The summed E-state index contributed by atoms with van der Waals surface area (Å²) in [6.45, 7) is 7.43. The van der Waals surface area contributed by atoms with Crippen molar-refractivity contribution in [3.8, 4) is 0 Å². The van der Waals surface area contributed by atoms with Crippen LogP contribution in [0.2, 0.25) is 0 Å². The monoisotopic (exact) mass is 411 g/mol. The highest BCUT2D eigenvalue weighted by molar-refractivity contribution is 5.86. The Bertz CT molecular complexity index is 687. The van der Waals surface area contributed by atoms with Crippen LogP contribution in [0.5, 0.6) is 0 Å². The van der Waals surface area contributed by atoms with Crippen molar-refractivity contribution in [2.45, 2.75) is 70.9 Å². The molecular formula is C18H29N5O6. The summed E-state index contributed by atoms with van der Waals surface area (Å²) in [6, 6.07) is -1.40. The van der Waals surface area contributed by atoms with E-state index in [0.29, 0.717) is 25.3 Å². The second-order valence-corrected chi connectivity index (χ2v) is 8.06. The van der Waals surface area contributed by atoms with Gasteiger partial charge in [-0.2, -0.15) is 0 Å². The maximum absolute atomic E-state index is 13.0. The predicted molar refractivity (Wildman–Crippen MR) is 100 cm³/mol. The van der Waals surface area contributed by atoms with Crippen LogP contribution in [0, 0.1) is 0 Å². The third kappa shape index (κ3) is 6.70. The van der Waals surface area contributed by atoms with E-state index in [0.717, 1.165) is 6.42 Å². The molecule has 11 nitrogen and oxygen atoms in total. The number of aliphatic hydroxyl groups is 1. The fourth-order valence-corrected chi connectivity index (χ4v) is 3.17. The number of likely N-dealkylation sites (tertiary alicyclic amines) is 1. The second-order valence-electron chi connectivity index (χ2n) is 8.06. The minimum Gasteiger partial charge on any atom is -0.444 e. The maximum Gasteiger partial charge on any atom is 0.408 e. The molecular weight excluding hydrogens is 382 g/mol. The normalized spacial score (nSPS) is 18.8. The minimum atomic E-state index is -1.15. The van der Waals surface area contributed by atoms with Crippen LogP contribution < -0.4 is 5.32 Å². The molecule has 1 aliphatic heterocycles. The number of aromatic nitrogens is 2. The van der Waals surface area contributed by atoms with Crippen LogP contribution in [0.1, 0.15) is 46.4 Å². The molecule has 11 heteroatoms. The molecule has 1 aromatic rings. The number of nitrogens with one attached hydrogen (secondary N) is 1. The average molecular weight is 411 g/mol. The average Bonchev–Trinajstić information content (AvgIpc) is 3.28. The molecule has 2 rings (SSSR count). The van der Waals surface area contributed by atoms with E-state index in [1.165, 1.54) is 18.2 Å². The Morgan fingerprint density at radius 2 is 2.24 bits per heavy atom. The fraction of sp³-hybridized carbons (Fsp3) is 0.722. The number of rotatable bonds is 8. The molecule has 0 saturated carbocycles. The van der Waals surface area contributed by atoms with Gasteiger partial charge in [0.2, 0.25) is 24.6 Å². The zero-order chi connectivity index (χ0) is 21.6. The van der Waals surface area contributed by atoms with E-state index < -0.39 is 29.7 Å². The van der Waals surface area contributed by atoms with Crippen LogP contribution >= 0.6 is 0 Å². The van der Waals surface area contributed by atoms with Crippen molar-refractivity contribution in [1.82, 2.24) is 25.3 Å². The quantitative estimate of drug-likeness (QED) is 0.582. The summed E-state index contributed by atoms with van der Waals surface area (Å²) in [5.41, 5.74) is -0.730. The van der Waals surface area contributed by atoms with Crippen LogP contribution in [-0.2, 0) is 20.9 Å². The molecule has 0 radical (unpaired) electrons. The third-order valence-corrected chi connectivity index (χ3v) is 4.42. The number of nitrogens with zero attached hydrogens (tertiary/aromatic N) is 4.